The van der Waals surface area contributed by atoms with Gasteiger partial charge in [0.2, 0.25) is 0 Å². The summed E-state index contributed by atoms with van der Waals surface area (Å²) in [6, 6.07) is 7.34. The molecule has 2 rings (SSSR count). The van der Waals surface area contributed by atoms with Crippen molar-refractivity contribution >= 4 is 27.5 Å². The number of carbonyl (C=O) groups is 1. The second kappa shape index (κ2) is 6.74. The lowest BCUT2D eigenvalue weighted by atomic mass is 10.1. The molecule has 0 fully saturated rings. The van der Waals surface area contributed by atoms with Crippen LogP contribution in [0.3, 0.4) is 0 Å². The number of aryl methyl sites for hydroxylation is 1. The van der Waals surface area contributed by atoms with Crippen molar-refractivity contribution in [1.29, 1.82) is 0 Å². The number of aromatic nitrogens is 2. The molecule has 2 aromatic rings. The molecular weight excluding hydrogens is 348 g/mol. The summed E-state index contributed by atoms with van der Waals surface area (Å²) in [5, 5.41) is 7.12. The summed E-state index contributed by atoms with van der Waals surface area (Å²) in [6.07, 6.45) is 1.59. The van der Waals surface area contributed by atoms with Gasteiger partial charge in [0, 0.05) is 33.3 Å². The minimum atomic E-state index is -0.197. The van der Waals surface area contributed by atoms with Crippen molar-refractivity contribution in [3.05, 3.63) is 56.4 Å². The van der Waals surface area contributed by atoms with Gasteiger partial charge in [-0.3, -0.25) is 9.59 Å². The first-order chi connectivity index (χ1) is 10.4. The first-order valence-electron chi connectivity index (χ1n) is 6.66. The summed E-state index contributed by atoms with van der Waals surface area (Å²) in [7, 11) is 5.04. The standard InChI is InChI=1S/C15H17BrN4O2/c1-19(2)14(21)11-6-4-10(5-7-11)8-17-12-9-18-20(3)15(22)13(12)16/h4-7,9,17H,8H2,1-3H3. The van der Waals surface area contributed by atoms with Crippen LogP contribution in [0.15, 0.2) is 39.7 Å². The fourth-order valence-corrected chi connectivity index (χ4v) is 2.35. The van der Waals surface area contributed by atoms with Gasteiger partial charge < -0.3 is 10.2 Å². The van der Waals surface area contributed by atoms with Gasteiger partial charge in [-0.25, -0.2) is 4.68 Å². The van der Waals surface area contributed by atoms with Crippen LogP contribution >= 0.6 is 15.9 Å². The van der Waals surface area contributed by atoms with E-state index in [4.69, 9.17) is 0 Å². The summed E-state index contributed by atoms with van der Waals surface area (Å²) in [4.78, 5) is 25.1. The molecule has 0 aliphatic heterocycles. The average Bonchev–Trinajstić information content (AvgIpc) is 2.51. The van der Waals surface area contributed by atoms with Crippen LogP contribution in [-0.2, 0) is 13.6 Å². The summed E-state index contributed by atoms with van der Waals surface area (Å²) in [5.74, 6) is -0.0296. The monoisotopic (exact) mass is 364 g/mol. The second-order valence-corrected chi connectivity index (χ2v) is 5.84. The molecular formula is C15H17BrN4O2. The van der Waals surface area contributed by atoms with Gasteiger partial charge in [-0.2, -0.15) is 5.10 Å². The minimum absolute atomic E-state index is 0.0296. The van der Waals surface area contributed by atoms with Gasteiger partial charge in [0.05, 0.1) is 11.9 Å². The van der Waals surface area contributed by atoms with Gasteiger partial charge >= 0.3 is 0 Å². The minimum Gasteiger partial charge on any atom is -0.379 e. The molecule has 1 aromatic heterocycles. The van der Waals surface area contributed by atoms with E-state index < -0.39 is 0 Å². The molecule has 0 saturated carbocycles. The van der Waals surface area contributed by atoms with Crippen LogP contribution in [0, 0.1) is 0 Å². The van der Waals surface area contributed by atoms with E-state index in [0.717, 1.165) is 5.56 Å². The van der Waals surface area contributed by atoms with E-state index in [1.807, 2.05) is 12.1 Å². The number of nitrogens with one attached hydrogen (secondary N) is 1. The molecule has 6 nitrogen and oxygen atoms in total. The number of nitrogens with zero attached hydrogens (tertiary/aromatic N) is 3. The van der Waals surface area contributed by atoms with E-state index in [2.05, 4.69) is 26.3 Å². The Morgan fingerprint density at radius 3 is 2.55 bits per heavy atom. The molecule has 116 valence electrons. The van der Waals surface area contributed by atoms with Crippen LogP contribution in [0.2, 0.25) is 0 Å². The fourth-order valence-electron chi connectivity index (χ4n) is 1.85. The average molecular weight is 365 g/mol. The van der Waals surface area contributed by atoms with E-state index in [1.54, 1.807) is 39.5 Å². The third kappa shape index (κ3) is 3.54. The lowest BCUT2D eigenvalue weighted by molar-refractivity contribution is 0.0827. The van der Waals surface area contributed by atoms with Crippen LogP contribution < -0.4 is 10.9 Å². The van der Waals surface area contributed by atoms with Crippen LogP contribution in [0.5, 0.6) is 0 Å². The molecule has 7 heteroatoms. The van der Waals surface area contributed by atoms with Crippen molar-refractivity contribution in [2.24, 2.45) is 7.05 Å². The van der Waals surface area contributed by atoms with Crippen molar-refractivity contribution in [2.45, 2.75) is 6.54 Å². The summed E-state index contributed by atoms with van der Waals surface area (Å²) >= 11 is 3.27. The molecule has 1 N–H and O–H groups in total. The number of hydrogen-bond acceptors (Lipinski definition) is 4. The lowest BCUT2D eigenvalue weighted by Crippen LogP contribution is -2.21. The van der Waals surface area contributed by atoms with E-state index >= 15 is 0 Å². The molecule has 0 radical (unpaired) electrons. The number of anilines is 1. The Hall–Kier alpha value is -2.15. The number of hydrogen-bond donors (Lipinski definition) is 1. The SMILES string of the molecule is CN(C)C(=O)c1ccc(CNc2cnn(C)c(=O)c2Br)cc1. The van der Waals surface area contributed by atoms with Crippen molar-refractivity contribution in [2.75, 3.05) is 19.4 Å². The van der Waals surface area contributed by atoms with Gasteiger partial charge in [-0.15, -0.1) is 0 Å². The quantitative estimate of drug-likeness (QED) is 0.898. The molecule has 1 aromatic carbocycles. The highest BCUT2D eigenvalue weighted by atomic mass is 79.9. The highest BCUT2D eigenvalue weighted by molar-refractivity contribution is 9.10. The smallest absolute Gasteiger partial charge is 0.282 e. The van der Waals surface area contributed by atoms with E-state index in [1.165, 1.54) is 9.58 Å². The Morgan fingerprint density at radius 2 is 1.95 bits per heavy atom. The van der Waals surface area contributed by atoms with Crippen LogP contribution in [0.25, 0.3) is 0 Å². The topological polar surface area (TPSA) is 67.2 Å². The molecule has 0 unspecified atom stereocenters. The number of halogens is 1. The number of carbonyl (C=O) groups excluding carboxylic acids is 1. The maximum atomic E-state index is 11.8. The van der Waals surface area contributed by atoms with E-state index in [0.29, 0.717) is 22.3 Å². The third-order valence-corrected chi connectivity index (χ3v) is 3.93. The van der Waals surface area contributed by atoms with E-state index in [9.17, 15) is 9.59 Å². The lowest BCUT2D eigenvalue weighted by Gasteiger charge is -2.11. The number of amides is 1. The summed E-state index contributed by atoms with van der Waals surface area (Å²) in [6.45, 7) is 0.532. The largest absolute Gasteiger partial charge is 0.379 e. The Bertz CT molecular complexity index is 738. The number of rotatable bonds is 4. The van der Waals surface area contributed by atoms with E-state index in [-0.39, 0.29) is 11.5 Å². The third-order valence-electron chi connectivity index (χ3n) is 3.17. The molecule has 0 atom stereocenters. The Morgan fingerprint density at radius 1 is 1.32 bits per heavy atom. The molecule has 1 heterocycles. The molecule has 1 amide bonds. The zero-order valence-corrected chi connectivity index (χ0v) is 14.2. The molecule has 0 saturated heterocycles. The predicted molar refractivity (Wildman–Crippen MR) is 89.0 cm³/mol. The first kappa shape index (κ1) is 16.2. The van der Waals surface area contributed by atoms with Crippen LogP contribution in [0.1, 0.15) is 15.9 Å². The molecule has 22 heavy (non-hydrogen) atoms. The zero-order valence-electron chi connectivity index (χ0n) is 12.6. The summed E-state index contributed by atoms with van der Waals surface area (Å²) in [5.41, 5.74) is 2.08. The maximum Gasteiger partial charge on any atom is 0.282 e. The van der Waals surface area contributed by atoms with Gasteiger partial charge in [-0.05, 0) is 33.6 Å². The Kier molecular flexibility index (Phi) is 4.97. The van der Waals surface area contributed by atoms with Crippen LogP contribution in [-0.4, -0.2) is 34.7 Å². The molecule has 0 spiro atoms. The van der Waals surface area contributed by atoms with Gasteiger partial charge in [-0.1, -0.05) is 12.1 Å². The Balaban J connectivity index is 2.08. The molecule has 0 bridgehead atoms. The number of benzene rings is 1. The maximum absolute atomic E-state index is 11.8. The zero-order chi connectivity index (χ0) is 16.3. The molecule has 0 aliphatic rings. The van der Waals surface area contributed by atoms with Crippen molar-refractivity contribution in [3.63, 3.8) is 0 Å². The summed E-state index contributed by atoms with van der Waals surface area (Å²) < 4.78 is 1.71. The van der Waals surface area contributed by atoms with Gasteiger partial charge in [0.25, 0.3) is 11.5 Å². The van der Waals surface area contributed by atoms with Crippen molar-refractivity contribution in [3.8, 4) is 0 Å². The highest BCUT2D eigenvalue weighted by Gasteiger charge is 2.08. The first-order valence-corrected chi connectivity index (χ1v) is 7.45. The molecule has 0 aliphatic carbocycles. The Labute approximate surface area is 136 Å². The normalized spacial score (nSPS) is 10.4. The van der Waals surface area contributed by atoms with Gasteiger partial charge in [0.15, 0.2) is 0 Å². The van der Waals surface area contributed by atoms with Crippen LogP contribution in [0.4, 0.5) is 5.69 Å². The fraction of sp³-hybridized carbons (Fsp3) is 0.267. The van der Waals surface area contributed by atoms with Gasteiger partial charge in [0.1, 0.15) is 4.47 Å². The second-order valence-electron chi connectivity index (χ2n) is 5.05. The van der Waals surface area contributed by atoms with Crippen molar-refractivity contribution in [1.82, 2.24) is 14.7 Å². The predicted octanol–water partition coefficient (Wildman–Crippen LogP) is 1.86. The van der Waals surface area contributed by atoms with Crippen molar-refractivity contribution < 1.29 is 4.79 Å². The highest BCUT2D eigenvalue weighted by Crippen LogP contribution is 2.17.